The van der Waals surface area contributed by atoms with Gasteiger partial charge in [-0.15, -0.1) is 0 Å². The molecule has 1 aromatic rings. The van der Waals surface area contributed by atoms with Crippen molar-refractivity contribution >= 4 is 0 Å². The van der Waals surface area contributed by atoms with E-state index < -0.39 is 0 Å². The molecule has 1 heterocycles. The van der Waals surface area contributed by atoms with E-state index in [1.54, 1.807) is 0 Å². The molecule has 110 valence electrons. The van der Waals surface area contributed by atoms with Gasteiger partial charge in [-0.25, -0.2) is 6.57 Å². The number of nitriles is 1. The Hall–Kier alpha value is -1.84. The minimum absolute atomic E-state index is 0.211. The Morgan fingerprint density at radius 3 is 2.38 bits per heavy atom. The number of piperidine rings is 1. The molecule has 0 saturated carbocycles. The van der Waals surface area contributed by atoms with Crippen molar-refractivity contribution in [1.82, 2.24) is 4.90 Å². The molecule has 3 nitrogen and oxygen atoms in total. The van der Waals surface area contributed by atoms with Gasteiger partial charge in [0.2, 0.25) is 6.54 Å². The standard InChI is InChI=1S/C18H23N3/c1-15(2)18(14-20-3)8-10-21(11-9-18)13-17-6-4-16(12-19)5-7-17/h4-7,15H,8-11,13-14H2,1-2H3. The lowest BCUT2D eigenvalue weighted by molar-refractivity contribution is 0.0716. The Balaban J connectivity index is 1.94. The molecule has 3 heteroatoms. The highest BCUT2D eigenvalue weighted by Crippen LogP contribution is 2.39. The summed E-state index contributed by atoms with van der Waals surface area (Å²) in [5, 5.41) is 8.83. The molecule has 0 N–H and O–H groups in total. The van der Waals surface area contributed by atoms with E-state index in [-0.39, 0.29) is 5.41 Å². The summed E-state index contributed by atoms with van der Waals surface area (Å²) in [5.74, 6) is 0.573. The highest BCUT2D eigenvalue weighted by molar-refractivity contribution is 5.31. The lowest BCUT2D eigenvalue weighted by Gasteiger charge is -2.41. The Morgan fingerprint density at radius 1 is 1.29 bits per heavy atom. The molecule has 0 aliphatic carbocycles. The van der Waals surface area contributed by atoms with E-state index in [0.29, 0.717) is 18.0 Å². The molecule has 1 aliphatic rings. The summed E-state index contributed by atoms with van der Waals surface area (Å²) >= 11 is 0. The second-order valence-electron chi connectivity index (χ2n) is 6.42. The predicted octanol–water partition coefficient (Wildman–Crippen LogP) is 3.72. The second kappa shape index (κ2) is 6.74. The van der Waals surface area contributed by atoms with E-state index >= 15 is 0 Å². The highest BCUT2D eigenvalue weighted by Gasteiger charge is 2.40. The fraction of sp³-hybridized carbons (Fsp3) is 0.556. The van der Waals surface area contributed by atoms with Crippen molar-refractivity contribution in [1.29, 1.82) is 5.26 Å². The van der Waals surface area contributed by atoms with Gasteiger partial charge in [-0.1, -0.05) is 26.0 Å². The van der Waals surface area contributed by atoms with Crippen LogP contribution in [-0.4, -0.2) is 24.5 Å². The lowest BCUT2D eigenvalue weighted by atomic mass is 9.70. The third-order valence-electron chi connectivity index (χ3n) is 4.96. The maximum atomic E-state index is 8.83. The minimum atomic E-state index is 0.211. The third kappa shape index (κ3) is 3.63. The largest absolute Gasteiger partial charge is 0.316 e. The zero-order valence-corrected chi connectivity index (χ0v) is 13.0. The fourth-order valence-corrected chi connectivity index (χ4v) is 3.17. The second-order valence-corrected chi connectivity index (χ2v) is 6.42. The Bertz CT molecular complexity index is 537. The third-order valence-corrected chi connectivity index (χ3v) is 4.96. The first kappa shape index (κ1) is 15.5. The van der Waals surface area contributed by atoms with Crippen molar-refractivity contribution in [2.24, 2.45) is 11.3 Å². The van der Waals surface area contributed by atoms with Gasteiger partial charge in [-0.3, -0.25) is 4.90 Å². The summed E-state index contributed by atoms with van der Waals surface area (Å²) in [5.41, 5.74) is 2.19. The highest BCUT2D eigenvalue weighted by atomic mass is 15.1. The molecule has 0 bridgehead atoms. The van der Waals surface area contributed by atoms with Crippen molar-refractivity contribution in [2.45, 2.75) is 33.2 Å². The van der Waals surface area contributed by atoms with Crippen molar-refractivity contribution in [3.05, 3.63) is 46.8 Å². The average Bonchev–Trinajstić information content (AvgIpc) is 2.50. The van der Waals surface area contributed by atoms with Crippen LogP contribution in [0.2, 0.25) is 0 Å². The van der Waals surface area contributed by atoms with Crippen molar-refractivity contribution in [3.8, 4) is 6.07 Å². The van der Waals surface area contributed by atoms with Gasteiger partial charge in [-0.2, -0.15) is 5.26 Å². The summed E-state index contributed by atoms with van der Waals surface area (Å²) in [7, 11) is 0. The molecular formula is C18H23N3. The molecule has 0 aromatic heterocycles. The molecule has 0 radical (unpaired) electrons. The molecule has 2 rings (SSSR count). The van der Waals surface area contributed by atoms with Gasteiger partial charge >= 0.3 is 0 Å². The Morgan fingerprint density at radius 2 is 1.90 bits per heavy atom. The average molecular weight is 281 g/mol. The topological polar surface area (TPSA) is 31.4 Å². The van der Waals surface area contributed by atoms with Crippen LogP contribution in [-0.2, 0) is 6.54 Å². The van der Waals surface area contributed by atoms with Gasteiger partial charge in [0.25, 0.3) is 0 Å². The molecule has 1 fully saturated rings. The Kier molecular flexibility index (Phi) is 4.99. The summed E-state index contributed by atoms with van der Waals surface area (Å²) in [4.78, 5) is 6.15. The van der Waals surface area contributed by atoms with Crippen molar-refractivity contribution in [3.63, 3.8) is 0 Å². The van der Waals surface area contributed by atoms with Crippen molar-refractivity contribution in [2.75, 3.05) is 19.6 Å². The van der Waals surface area contributed by atoms with E-state index in [2.05, 4.69) is 29.7 Å². The first-order chi connectivity index (χ1) is 10.1. The van der Waals surface area contributed by atoms with E-state index in [4.69, 9.17) is 11.8 Å². The van der Waals surface area contributed by atoms with E-state index in [1.165, 1.54) is 5.56 Å². The quantitative estimate of drug-likeness (QED) is 0.788. The lowest BCUT2D eigenvalue weighted by Crippen LogP contribution is -2.43. The fourth-order valence-electron chi connectivity index (χ4n) is 3.17. The van der Waals surface area contributed by atoms with Crippen LogP contribution in [0.3, 0.4) is 0 Å². The van der Waals surface area contributed by atoms with Gasteiger partial charge in [0.05, 0.1) is 11.6 Å². The minimum Gasteiger partial charge on any atom is -0.316 e. The monoisotopic (exact) mass is 281 g/mol. The van der Waals surface area contributed by atoms with Gasteiger partial charge in [0.15, 0.2) is 0 Å². The molecule has 0 spiro atoms. The molecule has 0 atom stereocenters. The van der Waals surface area contributed by atoms with Crippen LogP contribution in [0.4, 0.5) is 0 Å². The summed E-state index contributed by atoms with van der Waals surface area (Å²) < 4.78 is 0. The number of rotatable bonds is 4. The number of hydrogen-bond donors (Lipinski definition) is 0. The van der Waals surface area contributed by atoms with Crippen molar-refractivity contribution < 1.29 is 0 Å². The number of nitrogens with zero attached hydrogens (tertiary/aromatic N) is 3. The molecule has 1 aliphatic heterocycles. The molecule has 1 saturated heterocycles. The summed E-state index contributed by atoms with van der Waals surface area (Å²) in [6, 6.07) is 10.0. The molecular weight excluding hydrogens is 258 g/mol. The van der Waals surface area contributed by atoms with E-state index in [1.807, 2.05) is 24.3 Å². The maximum absolute atomic E-state index is 8.83. The summed E-state index contributed by atoms with van der Waals surface area (Å²) in [6.07, 6.45) is 2.23. The first-order valence-corrected chi connectivity index (χ1v) is 7.64. The van der Waals surface area contributed by atoms with E-state index in [9.17, 15) is 0 Å². The Labute approximate surface area is 128 Å². The number of benzene rings is 1. The van der Waals surface area contributed by atoms with Crippen LogP contribution in [0, 0.1) is 29.2 Å². The van der Waals surface area contributed by atoms with Crippen LogP contribution in [0.5, 0.6) is 0 Å². The van der Waals surface area contributed by atoms with Crippen LogP contribution < -0.4 is 0 Å². The molecule has 0 unspecified atom stereocenters. The van der Waals surface area contributed by atoms with Crippen LogP contribution in [0.1, 0.15) is 37.8 Å². The van der Waals surface area contributed by atoms with Gasteiger partial charge in [0.1, 0.15) is 0 Å². The van der Waals surface area contributed by atoms with Gasteiger partial charge in [-0.05, 0) is 49.5 Å². The summed E-state index contributed by atoms with van der Waals surface area (Å²) in [6.45, 7) is 15.4. The molecule has 21 heavy (non-hydrogen) atoms. The molecule has 0 amide bonds. The maximum Gasteiger partial charge on any atom is 0.220 e. The van der Waals surface area contributed by atoms with Crippen LogP contribution in [0.15, 0.2) is 24.3 Å². The first-order valence-electron chi connectivity index (χ1n) is 7.64. The van der Waals surface area contributed by atoms with Crippen LogP contribution >= 0.6 is 0 Å². The van der Waals surface area contributed by atoms with Gasteiger partial charge in [0, 0.05) is 12.0 Å². The normalized spacial score (nSPS) is 18.1. The number of hydrogen-bond acceptors (Lipinski definition) is 2. The zero-order chi connectivity index (χ0) is 15.3. The van der Waals surface area contributed by atoms with E-state index in [0.717, 1.165) is 32.5 Å². The van der Waals surface area contributed by atoms with Gasteiger partial charge < -0.3 is 4.85 Å². The zero-order valence-electron chi connectivity index (χ0n) is 13.0. The number of likely N-dealkylation sites (tertiary alicyclic amines) is 1. The SMILES string of the molecule is [C-]#[N+]CC1(C(C)C)CCN(Cc2ccc(C#N)cc2)CC1. The molecule has 1 aromatic carbocycles. The predicted molar refractivity (Wildman–Crippen MR) is 84.4 cm³/mol. The van der Waals surface area contributed by atoms with Crippen LogP contribution in [0.25, 0.3) is 4.85 Å². The smallest absolute Gasteiger partial charge is 0.220 e.